The second kappa shape index (κ2) is 7.28. The quantitative estimate of drug-likeness (QED) is 0.851. The van der Waals surface area contributed by atoms with Gasteiger partial charge in [0.05, 0.1) is 24.6 Å². The zero-order chi connectivity index (χ0) is 13.5. The summed E-state index contributed by atoms with van der Waals surface area (Å²) in [5.41, 5.74) is 0.804. The number of hydrogen-bond donors (Lipinski definition) is 1. The molecule has 0 spiro atoms. The molecule has 0 aromatic carbocycles. The summed E-state index contributed by atoms with van der Waals surface area (Å²) >= 11 is 5.67. The number of aromatic nitrogens is 2. The first-order chi connectivity index (χ1) is 8.51. The van der Waals surface area contributed by atoms with Gasteiger partial charge in [0.1, 0.15) is 5.15 Å². The Labute approximate surface area is 113 Å². The molecule has 1 rings (SSSR count). The molecule has 0 saturated heterocycles. The fourth-order valence-electron chi connectivity index (χ4n) is 1.50. The molecule has 0 atom stereocenters. The van der Waals surface area contributed by atoms with Gasteiger partial charge in [0, 0.05) is 12.6 Å². The van der Waals surface area contributed by atoms with Crippen LogP contribution in [0.3, 0.4) is 0 Å². The predicted octanol–water partition coefficient (Wildman–Crippen LogP) is 1.48. The number of carbonyl (C=O) groups excluding carboxylic acids is 1. The molecule has 5 nitrogen and oxygen atoms in total. The van der Waals surface area contributed by atoms with Gasteiger partial charge >= 0.3 is 0 Å². The van der Waals surface area contributed by atoms with Crippen LogP contribution in [-0.4, -0.2) is 39.9 Å². The molecule has 18 heavy (non-hydrogen) atoms. The summed E-state index contributed by atoms with van der Waals surface area (Å²) < 4.78 is 0. The van der Waals surface area contributed by atoms with Crippen LogP contribution < -0.4 is 5.32 Å². The Kier molecular flexibility index (Phi) is 6.01. The van der Waals surface area contributed by atoms with Crippen LogP contribution in [0.1, 0.15) is 26.5 Å². The van der Waals surface area contributed by atoms with Gasteiger partial charge in [-0.25, -0.2) is 4.98 Å². The van der Waals surface area contributed by atoms with Crippen molar-refractivity contribution in [3.63, 3.8) is 0 Å². The molecule has 0 aliphatic rings. The minimum Gasteiger partial charge on any atom is -0.353 e. The summed E-state index contributed by atoms with van der Waals surface area (Å²) in [5.74, 6) is 0.0220. The van der Waals surface area contributed by atoms with Crippen LogP contribution in [0.15, 0.2) is 12.4 Å². The highest BCUT2D eigenvalue weighted by atomic mass is 35.5. The molecule has 1 N–H and O–H groups in total. The van der Waals surface area contributed by atoms with Crippen molar-refractivity contribution in [2.45, 2.75) is 33.4 Å². The normalized spacial score (nSPS) is 11.0. The maximum atomic E-state index is 11.7. The molecular formula is C12H19ClN4O. The minimum atomic E-state index is 0.0220. The Morgan fingerprint density at radius 2 is 2.17 bits per heavy atom. The number of hydrogen-bond acceptors (Lipinski definition) is 4. The maximum absolute atomic E-state index is 11.7. The number of carbonyl (C=O) groups is 1. The van der Waals surface area contributed by atoms with Crippen molar-refractivity contribution in [1.82, 2.24) is 20.2 Å². The lowest BCUT2D eigenvalue weighted by Crippen LogP contribution is -2.39. The second-order valence-corrected chi connectivity index (χ2v) is 4.74. The molecule has 1 heterocycles. The number of nitrogens with zero attached hydrogens (tertiary/aromatic N) is 3. The maximum Gasteiger partial charge on any atom is 0.234 e. The average molecular weight is 271 g/mol. The predicted molar refractivity (Wildman–Crippen MR) is 71.3 cm³/mol. The van der Waals surface area contributed by atoms with Crippen molar-refractivity contribution in [2.75, 3.05) is 13.1 Å². The third-order valence-electron chi connectivity index (χ3n) is 2.32. The van der Waals surface area contributed by atoms with E-state index in [1.165, 1.54) is 6.20 Å². The molecule has 0 fully saturated rings. The highest BCUT2D eigenvalue weighted by Crippen LogP contribution is 2.04. The number of rotatable bonds is 6. The minimum absolute atomic E-state index is 0.0220. The largest absolute Gasteiger partial charge is 0.353 e. The van der Waals surface area contributed by atoms with Crippen LogP contribution >= 0.6 is 11.6 Å². The molecule has 0 unspecified atom stereocenters. The van der Waals surface area contributed by atoms with Crippen molar-refractivity contribution in [3.05, 3.63) is 23.2 Å². The molecule has 6 heteroatoms. The lowest BCUT2D eigenvalue weighted by molar-refractivity contribution is -0.122. The highest BCUT2D eigenvalue weighted by molar-refractivity contribution is 6.29. The Balaban J connectivity index is 2.51. The summed E-state index contributed by atoms with van der Waals surface area (Å²) in [5, 5.41) is 3.24. The van der Waals surface area contributed by atoms with E-state index in [0.717, 1.165) is 12.2 Å². The monoisotopic (exact) mass is 270 g/mol. The molecule has 100 valence electrons. The summed E-state index contributed by atoms with van der Waals surface area (Å²) in [6, 6.07) is 0.159. The first-order valence-electron chi connectivity index (χ1n) is 5.99. The topological polar surface area (TPSA) is 58.1 Å². The van der Waals surface area contributed by atoms with Gasteiger partial charge in [0.25, 0.3) is 0 Å². The standard InChI is InChI=1S/C12H19ClN4O/c1-4-17(8-12(18)16-9(2)3)7-10-5-15-11(13)6-14-10/h5-6,9H,4,7-8H2,1-3H3,(H,16,18). The number of likely N-dealkylation sites (N-methyl/N-ethyl adjacent to an activating group) is 1. The van der Waals surface area contributed by atoms with E-state index in [4.69, 9.17) is 11.6 Å². The van der Waals surface area contributed by atoms with E-state index in [1.54, 1.807) is 6.20 Å². The van der Waals surface area contributed by atoms with E-state index in [2.05, 4.69) is 15.3 Å². The zero-order valence-electron chi connectivity index (χ0n) is 11.0. The molecule has 1 aromatic rings. The number of halogens is 1. The Morgan fingerprint density at radius 3 is 2.67 bits per heavy atom. The van der Waals surface area contributed by atoms with E-state index in [-0.39, 0.29) is 11.9 Å². The summed E-state index contributed by atoms with van der Waals surface area (Å²) in [6.07, 6.45) is 3.14. The van der Waals surface area contributed by atoms with Gasteiger partial charge < -0.3 is 5.32 Å². The molecule has 0 bridgehead atoms. The summed E-state index contributed by atoms with van der Waals surface area (Å²) in [4.78, 5) is 21.8. The second-order valence-electron chi connectivity index (χ2n) is 4.36. The average Bonchev–Trinajstić information content (AvgIpc) is 2.30. The van der Waals surface area contributed by atoms with Crippen LogP contribution in [0.4, 0.5) is 0 Å². The first-order valence-corrected chi connectivity index (χ1v) is 6.37. The van der Waals surface area contributed by atoms with Gasteiger partial charge in [0.15, 0.2) is 0 Å². The Hall–Kier alpha value is -1.20. The lowest BCUT2D eigenvalue weighted by Gasteiger charge is -2.20. The first kappa shape index (κ1) is 14.9. The molecular weight excluding hydrogens is 252 g/mol. The van der Waals surface area contributed by atoms with Gasteiger partial charge in [0.2, 0.25) is 5.91 Å². The molecule has 0 saturated carbocycles. The van der Waals surface area contributed by atoms with E-state index in [0.29, 0.717) is 18.2 Å². The van der Waals surface area contributed by atoms with Crippen LogP contribution in [0.2, 0.25) is 5.15 Å². The van der Waals surface area contributed by atoms with Crippen molar-refractivity contribution < 1.29 is 4.79 Å². The van der Waals surface area contributed by atoms with Gasteiger partial charge in [-0.2, -0.15) is 0 Å². The van der Waals surface area contributed by atoms with Crippen molar-refractivity contribution >= 4 is 17.5 Å². The van der Waals surface area contributed by atoms with Crippen LogP contribution in [0.25, 0.3) is 0 Å². The summed E-state index contributed by atoms with van der Waals surface area (Å²) in [7, 11) is 0. The third-order valence-corrected chi connectivity index (χ3v) is 2.52. The smallest absolute Gasteiger partial charge is 0.234 e. The van der Waals surface area contributed by atoms with E-state index >= 15 is 0 Å². The van der Waals surface area contributed by atoms with Crippen molar-refractivity contribution in [1.29, 1.82) is 0 Å². The Morgan fingerprint density at radius 1 is 1.44 bits per heavy atom. The molecule has 0 aliphatic carbocycles. The van der Waals surface area contributed by atoms with Crippen molar-refractivity contribution in [2.24, 2.45) is 0 Å². The van der Waals surface area contributed by atoms with Crippen molar-refractivity contribution in [3.8, 4) is 0 Å². The molecule has 0 aliphatic heterocycles. The molecule has 1 aromatic heterocycles. The van der Waals surface area contributed by atoms with Gasteiger partial charge in [-0.3, -0.25) is 14.7 Å². The Bertz CT molecular complexity index is 380. The SMILES string of the molecule is CCN(CC(=O)NC(C)C)Cc1cnc(Cl)cn1. The fraction of sp³-hybridized carbons (Fsp3) is 0.583. The third kappa shape index (κ3) is 5.42. The summed E-state index contributed by atoms with van der Waals surface area (Å²) in [6.45, 7) is 7.62. The molecule has 1 amide bonds. The molecule has 0 radical (unpaired) electrons. The number of nitrogens with one attached hydrogen (secondary N) is 1. The van der Waals surface area contributed by atoms with Gasteiger partial charge in [-0.15, -0.1) is 0 Å². The number of amides is 1. The van der Waals surface area contributed by atoms with Crippen LogP contribution in [-0.2, 0) is 11.3 Å². The van der Waals surface area contributed by atoms with E-state index in [9.17, 15) is 4.79 Å². The zero-order valence-corrected chi connectivity index (χ0v) is 11.7. The van der Waals surface area contributed by atoms with E-state index < -0.39 is 0 Å². The fourth-order valence-corrected chi connectivity index (χ4v) is 1.60. The van der Waals surface area contributed by atoms with Gasteiger partial charge in [-0.1, -0.05) is 18.5 Å². The van der Waals surface area contributed by atoms with Gasteiger partial charge in [-0.05, 0) is 20.4 Å². The van der Waals surface area contributed by atoms with Crippen LogP contribution in [0, 0.1) is 0 Å². The lowest BCUT2D eigenvalue weighted by atomic mass is 10.3. The van der Waals surface area contributed by atoms with Crippen LogP contribution in [0.5, 0.6) is 0 Å². The highest BCUT2D eigenvalue weighted by Gasteiger charge is 2.11. The van der Waals surface area contributed by atoms with E-state index in [1.807, 2.05) is 25.7 Å².